The fourth-order valence-corrected chi connectivity index (χ4v) is 4.39. The normalized spacial score (nSPS) is 11.9. The van der Waals surface area contributed by atoms with Crippen LogP contribution >= 0.6 is 23.1 Å². The minimum Gasteiger partial charge on any atom is -0.375 e. The third kappa shape index (κ3) is 4.04. The Labute approximate surface area is 158 Å². The van der Waals surface area contributed by atoms with Crippen molar-refractivity contribution in [3.63, 3.8) is 0 Å². The third-order valence-corrected chi connectivity index (χ3v) is 5.71. The molecular weight excluding hydrogens is 377 g/mol. The van der Waals surface area contributed by atoms with Crippen LogP contribution in [0.5, 0.6) is 0 Å². The van der Waals surface area contributed by atoms with Crippen molar-refractivity contribution in [2.45, 2.75) is 35.7 Å². The molecular formula is C19H17F3N2S2. The molecule has 2 N–H and O–H groups in total. The second-order valence-electron chi connectivity index (χ2n) is 6.07. The SMILES string of the molecule is CC(C)c1ccccc1Sc1ccc(-c2csc(N)n2)cc1C(F)(F)F. The summed E-state index contributed by atoms with van der Waals surface area (Å²) in [4.78, 5) is 5.09. The van der Waals surface area contributed by atoms with E-state index in [0.29, 0.717) is 16.4 Å². The molecule has 136 valence electrons. The first-order chi connectivity index (χ1) is 12.3. The van der Waals surface area contributed by atoms with E-state index in [1.54, 1.807) is 11.4 Å². The summed E-state index contributed by atoms with van der Waals surface area (Å²) in [5.74, 6) is 0.227. The molecule has 26 heavy (non-hydrogen) atoms. The molecule has 0 spiro atoms. The lowest BCUT2D eigenvalue weighted by atomic mass is 10.0. The molecule has 3 rings (SSSR count). The highest BCUT2D eigenvalue weighted by Crippen LogP contribution is 2.43. The molecule has 0 radical (unpaired) electrons. The van der Waals surface area contributed by atoms with E-state index < -0.39 is 11.7 Å². The minimum atomic E-state index is -4.45. The maximum atomic E-state index is 13.7. The smallest absolute Gasteiger partial charge is 0.375 e. The van der Waals surface area contributed by atoms with Crippen molar-refractivity contribution in [3.05, 3.63) is 59.0 Å². The first-order valence-corrected chi connectivity index (χ1v) is 9.64. The first kappa shape index (κ1) is 18.8. The summed E-state index contributed by atoms with van der Waals surface area (Å²) in [7, 11) is 0. The Morgan fingerprint density at radius 1 is 1.08 bits per heavy atom. The number of thiazole rings is 1. The molecule has 0 saturated heterocycles. The highest BCUT2D eigenvalue weighted by molar-refractivity contribution is 7.99. The summed E-state index contributed by atoms with van der Waals surface area (Å²) in [5.41, 5.74) is 6.83. The maximum absolute atomic E-state index is 13.7. The molecule has 0 amide bonds. The van der Waals surface area contributed by atoms with E-state index in [0.717, 1.165) is 28.3 Å². The van der Waals surface area contributed by atoms with E-state index in [1.165, 1.54) is 17.4 Å². The van der Waals surface area contributed by atoms with Crippen LogP contribution in [0.15, 0.2) is 57.6 Å². The average molecular weight is 394 g/mol. The Balaban J connectivity index is 2.05. The number of nitrogens with two attached hydrogens (primary N) is 1. The number of hydrogen-bond acceptors (Lipinski definition) is 4. The van der Waals surface area contributed by atoms with Gasteiger partial charge in [0.2, 0.25) is 0 Å². The molecule has 0 aliphatic rings. The van der Waals surface area contributed by atoms with Gasteiger partial charge < -0.3 is 5.73 Å². The fraction of sp³-hybridized carbons (Fsp3) is 0.211. The average Bonchev–Trinajstić information content (AvgIpc) is 3.01. The second-order valence-corrected chi connectivity index (χ2v) is 8.05. The molecule has 0 unspecified atom stereocenters. The number of halogens is 3. The molecule has 0 saturated carbocycles. The van der Waals surface area contributed by atoms with Gasteiger partial charge in [-0.1, -0.05) is 49.9 Å². The quantitative estimate of drug-likeness (QED) is 0.536. The van der Waals surface area contributed by atoms with Gasteiger partial charge in [0.05, 0.1) is 11.3 Å². The largest absolute Gasteiger partial charge is 0.417 e. The van der Waals surface area contributed by atoms with E-state index in [2.05, 4.69) is 4.98 Å². The van der Waals surface area contributed by atoms with Gasteiger partial charge in [0.25, 0.3) is 0 Å². The zero-order valence-electron chi connectivity index (χ0n) is 14.2. The fourth-order valence-electron chi connectivity index (χ4n) is 2.59. The van der Waals surface area contributed by atoms with Gasteiger partial charge in [0.15, 0.2) is 5.13 Å². The van der Waals surface area contributed by atoms with Crippen molar-refractivity contribution in [1.82, 2.24) is 4.98 Å². The van der Waals surface area contributed by atoms with Gasteiger partial charge in [-0.05, 0) is 29.7 Å². The molecule has 0 atom stereocenters. The highest BCUT2D eigenvalue weighted by Gasteiger charge is 2.34. The van der Waals surface area contributed by atoms with Crippen molar-refractivity contribution in [3.8, 4) is 11.3 Å². The molecule has 2 aromatic carbocycles. The van der Waals surface area contributed by atoms with Crippen molar-refractivity contribution in [2.24, 2.45) is 0 Å². The Bertz CT molecular complexity index is 917. The summed E-state index contributed by atoms with van der Waals surface area (Å²) < 4.78 is 41.0. The molecule has 0 fully saturated rings. The molecule has 1 aromatic heterocycles. The zero-order valence-corrected chi connectivity index (χ0v) is 15.8. The minimum absolute atomic E-state index is 0.178. The van der Waals surface area contributed by atoms with Crippen LogP contribution in [0.1, 0.15) is 30.9 Å². The van der Waals surface area contributed by atoms with Gasteiger partial charge in [-0.25, -0.2) is 4.98 Å². The summed E-state index contributed by atoms with van der Waals surface area (Å²) >= 11 is 2.35. The van der Waals surface area contributed by atoms with E-state index >= 15 is 0 Å². The van der Waals surface area contributed by atoms with Crippen LogP contribution < -0.4 is 5.73 Å². The van der Waals surface area contributed by atoms with Gasteiger partial charge in [0.1, 0.15) is 0 Å². The Hall–Kier alpha value is -1.99. The summed E-state index contributed by atoms with van der Waals surface area (Å²) in [5, 5.41) is 1.99. The summed E-state index contributed by atoms with van der Waals surface area (Å²) in [6.45, 7) is 4.06. The van der Waals surface area contributed by atoms with E-state index in [9.17, 15) is 13.2 Å². The molecule has 0 aliphatic carbocycles. The zero-order chi connectivity index (χ0) is 18.9. The van der Waals surface area contributed by atoms with Crippen molar-refractivity contribution in [1.29, 1.82) is 0 Å². The van der Waals surface area contributed by atoms with Gasteiger partial charge in [0, 0.05) is 20.7 Å². The number of aromatic nitrogens is 1. The Morgan fingerprint density at radius 3 is 2.42 bits per heavy atom. The van der Waals surface area contributed by atoms with Gasteiger partial charge in [-0.3, -0.25) is 0 Å². The lowest BCUT2D eigenvalue weighted by Crippen LogP contribution is -2.07. The standard InChI is InChI=1S/C19H17F3N2S2/c1-11(2)13-5-3-4-6-16(13)26-17-8-7-12(9-14(17)19(20,21)22)15-10-25-18(23)24-15/h3-11H,1-2H3,(H2,23,24). The molecule has 0 aliphatic heterocycles. The summed E-state index contributed by atoms with van der Waals surface area (Å²) in [6, 6.07) is 11.9. The lowest BCUT2D eigenvalue weighted by molar-refractivity contribution is -0.139. The van der Waals surface area contributed by atoms with Crippen LogP contribution in [0.25, 0.3) is 11.3 Å². The van der Waals surface area contributed by atoms with Crippen LogP contribution in [0.2, 0.25) is 0 Å². The van der Waals surface area contributed by atoms with Crippen molar-refractivity contribution in [2.75, 3.05) is 5.73 Å². The molecule has 1 heterocycles. The van der Waals surface area contributed by atoms with Crippen molar-refractivity contribution < 1.29 is 13.2 Å². The number of rotatable bonds is 4. The predicted octanol–water partition coefficient (Wildman–Crippen LogP) is 6.69. The van der Waals surface area contributed by atoms with Crippen LogP contribution in [0.4, 0.5) is 18.3 Å². The number of nitrogen functional groups attached to an aromatic ring is 1. The van der Waals surface area contributed by atoms with Crippen LogP contribution in [-0.2, 0) is 6.18 Å². The van der Waals surface area contributed by atoms with Gasteiger partial charge in [-0.2, -0.15) is 13.2 Å². The Morgan fingerprint density at radius 2 is 1.81 bits per heavy atom. The predicted molar refractivity (Wildman–Crippen MR) is 102 cm³/mol. The first-order valence-electron chi connectivity index (χ1n) is 7.95. The van der Waals surface area contributed by atoms with Crippen molar-refractivity contribution >= 4 is 28.2 Å². The van der Waals surface area contributed by atoms with Gasteiger partial charge in [-0.15, -0.1) is 11.3 Å². The number of hydrogen-bond donors (Lipinski definition) is 1. The van der Waals surface area contributed by atoms with E-state index in [1.807, 2.05) is 38.1 Å². The van der Waals surface area contributed by atoms with Crippen LogP contribution in [0, 0.1) is 0 Å². The monoisotopic (exact) mass is 394 g/mol. The van der Waals surface area contributed by atoms with Crippen LogP contribution in [0.3, 0.4) is 0 Å². The van der Waals surface area contributed by atoms with E-state index in [4.69, 9.17) is 5.73 Å². The molecule has 2 nitrogen and oxygen atoms in total. The number of anilines is 1. The Kier molecular flexibility index (Phi) is 5.29. The topological polar surface area (TPSA) is 38.9 Å². The van der Waals surface area contributed by atoms with Crippen LogP contribution in [-0.4, -0.2) is 4.98 Å². The number of benzene rings is 2. The maximum Gasteiger partial charge on any atom is 0.417 e. The highest BCUT2D eigenvalue weighted by atomic mass is 32.2. The van der Waals surface area contributed by atoms with E-state index in [-0.39, 0.29) is 10.8 Å². The van der Waals surface area contributed by atoms with Gasteiger partial charge >= 0.3 is 6.18 Å². The third-order valence-electron chi connectivity index (χ3n) is 3.86. The number of nitrogens with zero attached hydrogens (tertiary/aromatic N) is 1. The molecule has 0 bridgehead atoms. The molecule has 7 heteroatoms. The number of alkyl halides is 3. The second kappa shape index (κ2) is 7.32. The molecule has 3 aromatic rings. The summed E-state index contributed by atoms with van der Waals surface area (Å²) in [6.07, 6.45) is -4.45. The lowest BCUT2D eigenvalue weighted by Gasteiger charge is -2.16.